The van der Waals surface area contributed by atoms with E-state index in [2.05, 4.69) is 38.1 Å². The second-order valence-corrected chi connectivity index (χ2v) is 9.16. The van der Waals surface area contributed by atoms with E-state index in [0.717, 1.165) is 30.7 Å². The van der Waals surface area contributed by atoms with Gasteiger partial charge in [-0.3, -0.25) is 9.69 Å². The Bertz CT molecular complexity index is 1010. The van der Waals surface area contributed by atoms with Crippen LogP contribution in [0.15, 0.2) is 34.8 Å². The van der Waals surface area contributed by atoms with Crippen LogP contribution in [-0.2, 0) is 16.1 Å². The molecular formula is C23H27BrClN3O5. The van der Waals surface area contributed by atoms with E-state index in [4.69, 9.17) is 21.1 Å². The van der Waals surface area contributed by atoms with Crippen molar-refractivity contribution >= 4 is 45.2 Å². The second kappa shape index (κ2) is 11.7. The average molecular weight is 541 g/mol. The largest absolute Gasteiger partial charge is 0.506 e. The quantitative estimate of drug-likeness (QED) is 0.386. The van der Waals surface area contributed by atoms with Crippen LogP contribution in [-0.4, -0.2) is 73.2 Å². The molecule has 1 aliphatic rings. The summed E-state index contributed by atoms with van der Waals surface area (Å²) in [5.74, 6) is -1.01. The van der Waals surface area contributed by atoms with Crippen molar-refractivity contribution in [3.63, 3.8) is 0 Å². The molecule has 0 bridgehead atoms. The second-order valence-electron chi connectivity index (χ2n) is 7.83. The minimum atomic E-state index is -0.552. The number of anilines is 1. The molecule has 178 valence electrons. The van der Waals surface area contributed by atoms with Gasteiger partial charge < -0.3 is 24.8 Å². The number of hydrogen-bond acceptors (Lipinski definition) is 8. The number of phenols is 1. The highest BCUT2D eigenvalue weighted by molar-refractivity contribution is 9.10. The molecule has 10 heteroatoms. The van der Waals surface area contributed by atoms with Gasteiger partial charge in [-0.1, -0.05) is 27.5 Å². The average Bonchev–Trinajstić information content (AvgIpc) is 2.76. The molecule has 1 heterocycles. The highest BCUT2D eigenvalue weighted by Gasteiger charge is 2.18. The smallest absolute Gasteiger partial charge is 0.341 e. The summed E-state index contributed by atoms with van der Waals surface area (Å²) in [4.78, 5) is 28.7. The van der Waals surface area contributed by atoms with Gasteiger partial charge in [-0.05, 0) is 31.3 Å². The van der Waals surface area contributed by atoms with Crippen LogP contribution in [0.3, 0.4) is 0 Å². The number of hydrogen-bond donors (Lipinski definition) is 2. The summed E-state index contributed by atoms with van der Waals surface area (Å²) in [5, 5.41) is 13.5. The van der Waals surface area contributed by atoms with Gasteiger partial charge in [-0.15, -0.1) is 0 Å². The normalized spacial score (nSPS) is 14.7. The van der Waals surface area contributed by atoms with Crippen molar-refractivity contribution in [1.29, 1.82) is 0 Å². The predicted molar refractivity (Wildman–Crippen MR) is 130 cm³/mol. The number of nitrogens with one attached hydrogen (secondary N) is 1. The van der Waals surface area contributed by atoms with E-state index in [1.807, 2.05) is 0 Å². The number of nitrogens with zero attached hydrogens (tertiary/aromatic N) is 2. The zero-order valence-electron chi connectivity index (χ0n) is 18.6. The SMILES string of the molecule is CC(=O)Oc1cc(NCc2cc(Br)cc(Cl)c2O)ccc1C(=O)OCCN1CCN(C)CC1. The third-order valence-electron chi connectivity index (χ3n) is 5.28. The lowest BCUT2D eigenvalue weighted by molar-refractivity contribution is -0.131. The van der Waals surface area contributed by atoms with Gasteiger partial charge in [0.2, 0.25) is 0 Å². The number of phenolic OH excluding ortho intramolecular Hbond substituents is 1. The van der Waals surface area contributed by atoms with Crippen molar-refractivity contribution in [3.05, 3.63) is 51.0 Å². The molecule has 1 aliphatic heterocycles. The number of halogens is 2. The van der Waals surface area contributed by atoms with Crippen molar-refractivity contribution in [2.75, 3.05) is 51.7 Å². The Morgan fingerprint density at radius 1 is 1.18 bits per heavy atom. The molecule has 0 spiro atoms. The molecule has 2 aromatic carbocycles. The summed E-state index contributed by atoms with van der Waals surface area (Å²) in [6.45, 7) is 6.29. The number of piperazine rings is 1. The number of carbonyl (C=O) groups excluding carboxylic acids is 2. The van der Waals surface area contributed by atoms with Gasteiger partial charge in [-0.25, -0.2) is 4.79 Å². The third-order valence-corrected chi connectivity index (χ3v) is 6.03. The Hall–Kier alpha value is -2.33. The van der Waals surface area contributed by atoms with E-state index in [0.29, 0.717) is 17.8 Å². The summed E-state index contributed by atoms with van der Waals surface area (Å²) in [5.41, 5.74) is 1.34. The van der Waals surface area contributed by atoms with Gasteiger partial charge in [0.05, 0.1) is 5.02 Å². The van der Waals surface area contributed by atoms with Gasteiger partial charge >= 0.3 is 11.9 Å². The predicted octanol–water partition coefficient (Wildman–Crippen LogP) is 3.75. The van der Waals surface area contributed by atoms with Crippen LogP contribution in [0.4, 0.5) is 5.69 Å². The molecule has 0 amide bonds. The van der Waals surface area contributed by atoms with Crippen LogP contribution in [0.2, 0.25) is 5.02 Å². The highest BCUT2D eigenvalue weighted by Crippen LogP contribution is 2.32. The molecule has 0 aromatic heterocycles. The van der Waals surface area contributed by atoms with Gasteiger partial charge in [0.15, 0.2) is 0 Å². The molecule has 0 saturated carbocycles. The summed E-state index contributed by atoms with van der Waals surface area (Å²) in [6, 6.07) is 8.12. The lowest BCUT2D eigenvalue weighted by Gasteiger charge is -2.32. The number of carbonyl (C=O) groups is 2. The maximum Gasteiger partial charge on any atom is 0.341 e. The van der Waals surface area contributed by atoms with Crippen LogP contribution < -0.4 is 10.1 Å². The Balaban J connectivity index is 1.64. The third kappa shape index (κ3) is 7.33. The maximum absolute atomic E-state index is 12.6. The molecule has 0 unspecified atom stereocenters. The molecule has 2 aromatic rings. The monoisotopic (exact) mass is 539 g/mol. The summed E-state index contributed by atoms with van der Waals surface area (Å²) < 4.78 is 11.4. The molecule has 8 nitrogen and oxygen atoms in total. The van der Waals surface area contributed by atoms with E-state index >= 15 is 0 Å². The first-order valence-electron chi connectivity index (χ1n) is 10.5. The first kappa shape index (κ1) is 25.3. The molecule has 3 rings (SSSR count). The van der Waals surface area contributed by atoms with Crippen molar-refractivity contribution < 1.29 is 24.2 Å². The number of ether oxygens (including phenoxy) is 2. The Morgan fingerprint density at radius 3 is 2.61 bits per heavy atom. The number of benzene rings is 2. The minimum absolute atomic E-state index is 0.0203. The number of aromatic hydroxyl groups is 1. The number of esters is 2. The standard InChI is InChI=1S/C23H27BrClN3O5/c1-15(29)33-21-13-18(26-14-16-11-17(24)12-20(25)22(16)30)3-4-19(21)23(31)32-10-9-28-7-5-27(2)6-8-28/h3-4,11-13,26,30H,5-10,14H2,1-2H3. The van der Waals surface area contributed by atoms with Crippen molar-refractivity contribution in [1.82, 2.24) is 9.80 Å². The summed E-state index contributed by atoms with van der Waals surface area (Å²) >= 11 is 9.36. The Labute approximate surface area is 206 Å². The Kier molecular flexibility index (Phi) is 8.96. The molecule has 1 saturated heterocycles. The van der Waals surface area contributed by atoms with Gasteiger partial charge in [0.25, 0.3) is 0 Å². The molecule has 1 fully saturated rings. The number of rotatable bonds is 8. The zero-order valence-corrected chi connectivity index (χ0v) is 20.9. The van der Waals surface area contributed by atoms with E-state index in [1.54, 1.807) is 30.3 Å². The fourth-order valence-electron chi connectivity index (χ4n) is 3.41. The van der Waals surface area contributed by atoms with Crippen LogP contribution in [0.1, 0.15) is 22.8 Å². The van der Waals surface area contributed by atoms with Gasteiger partial charge in [-0.2, -0.15) is 0 Å². The fraction of sp³-hybridized carbons (Fsp3) is 0.391. The van der Waals surface area contributed by atoms with E-state index in [1.165, 1.54) is 6.92 Å². The summed E-state index contributed by atoms with van der Waals surface area (Å²) in [7, 11) is 2.09. The van der Waals surface area contributed by atoms with Gasteiger partial charge in [0.1, 0.15) is 23.7 Å². The fourth-order valence-corrected chi connectivity index (χ4v) is 4.28. The molecular weight excluding hydrogens is 514 g/mol. The van der Waals surface area contributed by atoms with Crippen molar-refractivity contribution in [2.45, 2.75) is 13.5 Å². The molecule has 33 heavy (non-hydrogen) atoms. The first-order chi connectivity index (χ1) is 15.7. The molecule has 0 atom stereocenters. The van der Waals surface area contributed by atoms with Crippen LogP contribution in [0, 0.1) is 0 Å². The van der Waals surface area contributed by atoms with E-state index < -0.39 is 11.9 Å². The molecule has 2 N–H and O–H groups in total. The van der Waals surface area contributed by atoms with Gasteiger partial charge in [0, 0.05) is 68.0 Å². The lowest BCUT2D eigenvalue weighted by Crippen LogP contribution is -2.45. The molecule has 0 radical (unpaired) electrons. The van der Waals surface area contributed by atoms with Crippen LogP contribution >= 0.6 is 27.5 Å². The topological polar surface area (TPSA) is 91.3 Å². The summed E-state index contributed by atoms with van der Waals surface area (Å²) in [6.07, 6.45) is 0. The van der Waals surface area contributed by atoms with Crippen molar-refractivity contribution in [3.8, 4) is 11.5 Å². The Morgan fingerprint density at radius 2 is 1.91 bits per heavy atom. The maximum atomic E-state index is 12.6. The lowest BCUT2D eigenvalue weighted by atomic mass is 10.1. The van der Waals surface area contributed by atoms with E-state index in [9.17, 15) is 14.7 Å². The van der Waals surface area contributed by atoms with Crippen molar-refractivity contribution in [2.24, 2.45) is 0 Å². The minimum Gasteiger partial charge on any atom is -0.506 e. The van der Waals surface area contributed by atoms with Crippen LogP contribution in [0.5, 0.6) is 11.5 Å². The van der Waals surface area contributed by atoms with E-state index in [-0.39, 0.29) is 35.2 Å². The first-order valence-corrected chi connectivity index (χ1v) is 11.7. The van der Waals surface area contributed by atoms with Crippen LogP contribution in [0.25, 0.3) is 0 Å². The number of likely N-dealkylation sites (N-methyl/N-ethyl adjacent to an activating group) is 1. The highest BCUT2D eigenvalue weighted by atomic mass is 79.9. The zero-order chi connectivity index (χ0) is 24.0. The molecule has 0 aliphatic carbocycles.